The van der Waals surface area contributed by atoms with E-state index in [9.17, 15) is 4.79 Å². The van der Waals surface area contributed by atoms with Gasteiger partial charge < -0.3 is 19.5 Å². The Morgan fingerprint density at radius 1 is 1.09 bits per heavy atom. The van der Waals surface area contributed by atoms with Crippen molar-refractivity contribution in [2.75, 3.05) is 34.8 Å². The fourth-order valence-corrected chi connectivity index (χ4v) is 4.57. The van der Waals surface area contributed by atoms with Gasteiger partial charge in [-0.15, -0.1) is 0 Å². The highest BCUT2D eigenvalue weighted by Crippen LogP contribution is 2.36. The van der Waals surface area contributed by atoms with Gasteiger partial charge in [0.2, 0.25) is 0 Å². The highest BCUT2D eigenvalue weighted by molar-refractivity contribution is 5.98. The number of methoxy groups -OCH3 is 1. The van der Waals surface area contributed by atoms with Gasteiger partial charge in [0.25, 0.3) is 5.91 Å². The summed E-state index contributed by atoms with van der Waals surface area (Å²) in [5.41, 5.74) is 8.42. The largest absolute Gasteiger partial charge is 0.496 e. The van der Waals surface area contributed by atoms with Gasteiger partial charge in [0, 0.05) is 67.2 Å². The number of aromatic amines is 1. The van der Waals surface area contributed by atoms with E-state index in [1.807, 2.05) is 36.7 Å². The zero-order valence-electron chi connectivity index (χ0n) is 19.5. The molecule has 0 unspecified atom stereocenters. The third kappa shape index (κ3) is 3.87. The Morgan fingerprint density at radius 3 is 2.61 bits per heavy atom. The van der Waals surface area contributed by atoms with Crippen molar-refractivity contribution in [2.45, 2.75) is 13.0 Å². The van der Waals surface area contributed by atoms with Crippen LogP contribution in [0, 0.1) is 0 Å². The van der Waals surface area contributed by atoms with Crippen molar-refractivity contribution >= 4 is 16.9 Å². The molecule has 0 saturated carbocycles. The Bertz CT molecular complexity index is 1320. The molecule has 3 heterocycles. The molecule has 0 bridgehead atoms. The SMILES string of the molecule is COc1cc(-c2cnc3[nH]cc(-c4ccc(C(=O)N(C)C)cc4)c3c2)cc2c1CN(C)CC2. The molecule has 1 aliphatic heterocycles. The zero-order chi connectivity index (χ0) is 23.1. The van der Waals surface area contributed by atoms with Crippen LogP contribution in [0.1, 0.15) is 21.5 Å². The van der Waals surface area contributed by atoms with Crippen LogP contribution in [0.5, 0.6) is 5.75 Å². The molecule has 0 radical (unpaired) electrons. The molecule has 4 aromatic rings. The van der Waals surface area contributed by atoms with E-state index < -0.39 is 0 Å². The highest BCUT2D eigenvalue weighted by Gasteiger charge is 2.19. The van der Waals surface area contributed by atoms with Crippen LogP contribution in [0.15, 0.2) is 54.9 Å². The number of fused-ring (bicyclic) bond motifs is 2. The Morgan fingerprint density at radius 2 is 1.88 bits per heavy atom. The molecule has 33 heavy (non-hydrogen) atoms. The maximum atomic E-state index is 12.2. The third-order valence-electron chi connectivity index (χ3n) is 6.43. The molecule has 0 spiro atoms. The van der Waals surface area contributed by atoms with E-state index in [0.29, 0.717) is 5.56 Å². The number of carbonyl (C=O) groups excluding carboxylic acids is 1. The highest BCUT2D eigenvalue weighted by atomic mass is 16.5. The molecule has 2 aromatic carbocycles. The van der Waals surface area contributed by atoms with Crippen molar-refractivity contribution in [1.82, 2.24) is 19.8 Å². The Labute approximate surface area is 193 Å². The van der Waals surface area contributed by atoms with Gasteiger partial charge in [-0.1, -0.05) is 18.2 Å². The Balaban J connectivity index is 1.55. The Kier molecular flexibility index (Phi) is 5.38. The summed E-state index contributed by atoms with van der Waals surface area (Å²) in [7, 11) is 7.41. The summed E-state index contributed by atoms with van der Waals surface area (Å²) >= 11 is 0. The molecule has 1 aliphatic rings. The fourth-order valence-electron chi connectivity index (χ4n) is 4.57. The summed E-state index contributed by atoms with van der Waals surface area (Å²) in [6, 6.07) is 14.3. The van der Waals surface area contributed by atoms with Gasteiger partial charge >= 0.3 is 0 Å². The molecular formula is C27H28N4O2. The number of H-pyrrole nitrogens is 1. The number of pyridine rings is 1. The van der Waals surface area contributed by atoms with Crippen molar-refractivity contribution in [2.24, 2.45) is 0 Å². The van der Waals surface area contributed by atoms with Crippen molar-refractivity contribution in [1.29, 1.82) is 0 Å². The molecule has 0 saturated heterocycles. The van der Waals surface area contributed by atoms with E-state index in [-0.39, 0.29) is 5.91 Å². The van der Waals surface area contributed by atoms with Crippen LogP contribution < -0.4 is 4.74 Å². The molecule has 6 heteroatoms. The van der Waals surface area contributed by atoms with Gasteiger partial charge in [-0.25, -0.2) is 4.98 Å². The molecule has 168 valence electrons. The first-order valence-electron chi connectivity index (χ1n) is 11.1. The minimum atomic E-state index is -0.00280. The molecule has 0 atom stereocenters. The predicted octanol–water partition coefficient (Wildman–Crippen LogP) is 4.60. The Hall–Kier alpha value is -3.64. The minimum absolute atomic E-state index is 0.00280. The van der Waals surface area contributed by atoms with E-state index in [1.54, 1.807) is 26.1 Å². The zero-order valence-corrected chi connectivity index (χ0v) is 19.5. The second kappa shape index (κ2) is 8.37. The molecule has 2 aromatic heterocycles. The lowest BCUT2D eigenvalue weighted by molar-refractivity contribution is 0.0827. The van der Waals surface area contributed by atoms with Crippen LogP contribution in [-0.4, -0.2) is 60.5 Å². The number of hydrogen-bond acceptors (Lipinski definition) is 4. The number of likely N-dealkylation sites (N-methyl/N-ethyl adjacent to an activating group) is 1. The maximum Gasteiger partial charge on any atom is 0.253 e. The number of nitrogens with one attached hydrogen (secondary N) is 1. The van der Waals surface area contributed by atoms with E-state index in [4.69, 9.17) is 4.74 Å². The lowest BCUT2D eigenvalue weighted by Gasteiger charge is -2.27. The van der Waals surface area contributed by atoms with Crippen LogP contribution in [0.3, 0.4) is 0 Å². The molecule has 6 nitrogen and oxygen atoms in total. The number of amides is 1. The fraction of sp³-hybridized carbons (Fsp3) is 0.259. The van der Waals surface area contributed by atoms with Gasteiger partial charge in [0.1, 0.15) is 11.4 Å². The summed E-state index contributed by atoms with van der Waals surface area (Å²) in [6.07, 6.45) is 4.91. The average molecular weight is 441 g/mol. The predicted molar refractivity (Wildman–Crippen MR) is 132 cm³/mol. The minimum Gasteiger partial charge on any atom is -0.496 e. The lowest BCUT2D eigenvalue weighted by atomic mass is 9.93. The summed E-state index contributed by atoms with van der Waals surface area (Å²) < 4.78 is 5.75. The molecule has 1 N–H and O–H groups in total. The first-order chi connectivity index (χ1) is 15.9. The lowest BCUT2D eigenvalue weighted by Crippen LogP contribution is -2.27. The van der Waals surface area contributed by atoms with Crippen molar-refractivity contribution < 1.29 is 9.53 Å². The van der Waals surface area contributed by atoms with Crippen LogP contribution >= 0.6 is 0 Å². The van der Waals surface area contributed by atoms with Crippen LogP contribution in [-0.2, 0) is 13.0 Å². The summed E-state index contributed by atoms with van der Waals surface area (Å²) in [6.45, 7) is 1.95. The average Bonchev–Trinajstić information content (AvgIpc) is 3.26. The van der Waals surface area contributed by atoms with Crippen LogP contribution in [0.25, 0.3) is 33.3 Å². The molecule has 1 amide bonds. The molecule has 0 fully saturated rings. The number of aromatic nitrogens is 2. The first-order valence-corrected chi connectivity index (χ1v) is 11.1. The summed E-state index contributed by atoms with van der Waals surface area (Å²) in [5, 5.41) is 1.05. The monoisotopic (exact) mass is 440 g/mol. The quantitative estimate of drug-likeness (QED) is 0.504. The maximum absolute atomic E-state index is 12.2. The van der Waals surface area contributed by atoms with Gasteiger partial charge in [-0.2, -0.15) is 0 Å². The number of benzene rings is 2. The van der Waals surface area contributed by atoms with Crippen LogP contribution in [0.2, 0.25) is 0 Å². The van der Waals surface area contributed by atoms with E-state index in [0.717, 1.165) is 58.5 Å². The molecular weight excluding hydrogens is 412 g/mol. The number of hydrogen-bond donors (Lipinski definition) is 1. The topological polar surface area (TPSA) is 61.5 Å². The van der Waals surface area contributed by atoms with Crippen LogP contribution in [0.4, 0.5) is 0 Å². The number of carbonyl (C=O) groups is 1. The van der Waals surface area contributed by atoms with Gasteiger partial charge in [0.05, 0.1) is 7.11 Å². The first kappa shape index (κ1) is 21.2. The van der Waals surface area contributed by atoms with Crippen molar-refractivity contribution in [3.8, 4) is 28.0 Å². The van der Waals surface area contributed by atoms with E-state index >= 15 is 0 Å². The second-order valence-corrected chi connectivity index (χ2v) is 8.90. The normalized spacial score (nSPS) is 13.7. The van der Waals surface area contributed by atoms with Gasteiger partial charge in [-0.3, -0.25) is 4.79 Å². The number of ether oxygens (including phenoxy) is 1. The van der Waals surface area contributed by atoms with Crippen molar-refractivity contribution in [3.63, 3.8) is 0 Å². The van der Waals surface area contributed by atoms with E-state index in [1.165, 1.54) is 11.1 Å². The number of rotatable bonds is 4. The standard InChI is InChI=1S/C27H28N4O2/c1-30(2)27(32)18-7-5-17(6-8-18)23-15-29-26-22(23)12-21(14-28-26)20-11-19-9-10-31(3)16-24(19)25(13-20)33-4/h5-8,11-15H,9-10,16H2,1-4H3,(H,28,29). The summed E-state index contributed by atoms with van der Waals surface area (Å²) in [4.78, 5) is 24.1. The molecule has 0 aliphatic carbocycles. The van der Waals surface area contributed by atoms with Gasteiger partial charge in [-0.05, 0) is 54.4 Å². The molecule has 5 rings (SSSR count). The van der Waals surface area contributed by atoms with E-state index in [2.05, 4.69) is 40.1 Å². The number of nitrogens with zero attached hydrogens (tertiary/aromatic N) is 3. The third-order valence-corrected chi connectivity index (χ3v) is 6.43. The smallest absolute Gasteiger partial charge is 0.253 e. The second-order valence-electron chi connectivity index (χ2n) is 8.90. The summed E-state index contributed by atoms with van der Waals surface area (Å²) in [5.74, 6) is 0.932. The van der Waals surface area contributed by atoms with Crippen molar-refractivity contribution in [3.05, 3.63) is 71.5 Å². The van der Waals surface area contributed by atoms with Gasteiger partial charge in [0.15, 0.2) is 0 Å².